The van der Waals surface area contributed by atoms with Crippen LogP contribution >= 0.6 is 35.3 Å². The van der Waals surface area contributed by atoms with Gasteiger partial charge in [-0.2, -0.15) is 0 Å². The van der Waals surface area contributed by atoms with Gasteiger partial charge in [0.2, 0.25) is 0 Å². The Morgan fingerprint density at radius 1 is 1.19 bits per heavy atom. The van der Waals surface area contributed by atoms with Crippen molar-refractivity contribution in [3.63, 3.8) is 0 Å². The van der Waals surface area contributed by atoms with Gasteiger partial charge in [-0.1, -0.05) is 6.92 Å². The minimum absolute atomic E-state index is 0. The first-order chi connectivity index (χ1) is 14.6. The molecule has 1 fully saturated rings. The summed E-state index contributed by atoms with van der Waals surface area (Å²) in [5.74, 6) is 1.94. The van der Waals surface area contributed by atoms with Gasteiger partial charge in [-0.3, -0.25) is 0 Å². The standard InChI is InChI=1S/C23H36N6S.HI/c1-5-24-23(27-18(3)15-21-8-7-19(4)30-21)26-17-20-9-10-25-22(16-20)29-13-11-28(6-2)12-14-29;/h7-10,16,18H,5-6,11-15,17H2,1-4H3,(H2,24,26,27);1H. The maximum atomic E-state index is 4.83. The Balaban J connectivity index is 0.00000341. The van der Waals surface area contributed by atoms with Crippen LogP contribution in [0, 0.1) is 6.92 Å². The molecule has 2 N–H and O–H groups in total. The molecule has 8 heteroatoms. The van der Waals surface area contributed by atoms with Crippen LogP contribution in [0.1, 0.15) is 36.1 Å². The molecule has 0 radical (unpaired) electrons. The van der Waals surface area contributed by atoms with Crippen molar-refractivity contribution >= 4 is 47.1 Å². The number of hydrogen-bond acceptors (Lipinski definition) is 5. The van der Waals surface area contributed by atoms with Crippen molar-refractivity contribution in [3.05, 3.63) is 45.8 Å². The fourth-order valence-electron chi connectivity index (χ4n) is 3.70. The zero-order valence-corrected chi connectivity index (χ0v) is 22.4. The number of rotatable bonds is 8. The minimum atomic E-state index is 0. The average Bonchev–Trinajstić information content (AvgIpc) is 3.16. The SMILES string of the molecule is CCNC(=NCc1ccnc(N2CCN(CC)CC2)c1)NC(C)Cc1ccc(C)s1.I. The quantitative estimate of drug-likeness (QED) is 0.294. The number of aromatic nitrogens is 1. The molecule has 172 valence electrons. The Morgan fingerprint density at radius 2 is 1.97 bits per heavy atom. The average molecular weight is 557 g/mol. The lowest BCUT2D eigenvalue weighted by atomic mass is 10.2. The van der Waals surface area contributed by atoms with Crippen molar-refractivity contribution in [2.75, 3.05) is 44.2 Å². The molecule has 0 aromatic carbocycles. The molecule has 1 unspecified atom stereocenters. The number of thiophene rings is 1. The van der Waals surface area contributed by atoms with Gasteiger partial charge in [-0.25, -0.2) is 9.98 Å². The normalized spacial score (nSPS) is 16.0. The van der Waals surface area contributed by atoms with Gasteiger partial charge >= 0.3 is 0 Å². The molecule has 6 nitrogen and oxygen atoms in total. The lowest BCUT2D eigenvalue weighted by Gasteiger charge is -2.34. The summed E-state index contributed by atoms with van der Waals surface area (Å²) in [6.07, 6.45) is 2.92. The Bertz CT molecular complexity index is 816. The van der Waals surface area contributed by atoms with Crippen molar-refractivity contribution in [2.24, 2.45) is 4.99 Å². The zero-order valence-electron chi connectivity index (χ0n) is 19.2. The molecule has 1 aliphatic rings. The molecule has 0 amide bonds. The van der Waals surface area contributed by atoms with Crippen molar-refractivity contribution in [1.29, 1.82) is 0 Å². The maximum Gasteiger partial charge on any atom is 0.191 e. The van der Waals surface area contributed by atoms with Crippen LogP contribution in [0.2, 0.25) is 0 Å². The highest BCUT2D eigenvalue weighted by Gasteiger charge is 2.17. The van der Waals surface area contributed by atoms with Crippen molar-refractivity contribution in [2.45, 2.75) is 46.7 Å². The van der Waals surface area contributed by atoms with Crippen molar-refractivity contribution in [1.82, 2.24) is 20.5 Å². The van der Waals surface area contributed by atoms with Gasteiger partial charge in [0.15, 0.2) is 5.96 Å². The predicted octanol–water partition coefficient (Wildman–Crippen LogP) is 3.90. The zero-order chi connectivity index (χ0) is 21.3. The number of aryl methyl sites for hydroxylation is 1. The number of hydrogen-bond donors (Lipinski definition) is 2. The molecule has 1 saturated heterocycles. The number of pyridine rings is 1. The van der Waals surface area contributed by atoms with Crippen LogP contribution in [0.25, 0.3) is 0 Å². The van der Waals surface area contributed by atoms with E-state index in [1.165, 1.54) is 15.3 Å². The molecule has 0 spiro atoms. The van der Waals surface area contributed by atoms with Crippen molar-refractivity contribution < 1.29 is 0 Å². The third-order valence-electron chi connectivity index (χ3n) is 5.40. The van der Waals surface area contributed by atoms with E-state index in [1.54, 1.807) is 0 Å². The summed E-state index contributed by atoms with van der Waals surface area (Å²) in [6, 6.07) is 8.99. The van der Waals surface area contributed by atoms with Gasteiger partial charge in [-0.05, 0) is 57.1 Å². The molecule has 0 bridgehead atoms. The molecular formula is C23H37IN6S. The summed E-state index contributed by atoms with van der Waals surface area (Å²) in [7, 11) is 0. The van der Waals surface area contributed by atoms with Crippen LogP contribution in [-0.2, 0) is 13.0 Å². The van der Waals surface area contributed by atoms with Crippen LogP contribution in [0.5, 0.6) is 0 Å². The molecule has 3 rings (SSSR count). The van der Waals surface area contributed by atoms with Gasteiger partial charge in [0.25, 0.3) is 0 Å². The Labute approximate surface area is 208 Å². The topological polar surface area (TPSA) is 55.8 Å². The number of nitrogens with zero attached hydrogens (tertiary/aromatic N) is 4. The summed E-state index contributed by atoms with van der Waals surface area (Å²) in [4.78, 5) is 17.1. The van der Waals surface area contributed by atoms with E-state index in [0.29, 0.717) is 12.6 Å². The highest BCUT2D eigenvalue weighted by molar-refractivity contribution is 14.0. The van der Waals surface area contributed by atoms with Crippen LogP contribution in [0.4, 0.5) is 5.82 Å². The number of nitrogens with one attached hydrogen (secondary N) is 2. The molecule has 0 aliphatic carbocycles. The van der Waals surface area contributed by atoms with E-state index in [2.05, 4.69) is 77.4 Å². The molecule has 1 aliphatic heterocycles. The van der Waals surface area contributed by atoms with Crippen LogP contribution in [0.15, 0.2) is 35.5 Å². The van der Waals surface area contributed by atoms with Gasteiger partial charge in [0.05, 0.1) is 6.54 Å². The summed E-state index contributed by atoms with van der Waals surface area (Å²) in [6.45, 7) is 15.6. The van der Waals surface area contributed by atoms with E-state index < -0.39 is 0 Å². The highest BCUT2D eigenvalue weighted by Crippen LogP contribution is 2.17. The van der Waals surface area contributed by atoms with Crippen LogP contribution < -0.4 is 15.5 Å². The fourth-order valence-corrected chi connectivity index (χ4v) is 4.72. The predicted molar refractivity (Wildman–Crippen MR) is 144 cm³/mol. The minimum Gasteiger partial charge on any atom is -0.357 e. The molecular weight excluding hydrogens is 519 g/mol. The second-order valence-electron chi connectivity index (χ2n) is 7.90. The number of guanidine groups is 1. The third-order valence-corrected chi connectivity index (χ3v) is 6.43. The third kappa shape index (κ3) is 8.23. The molecule has 3 heterocycles. The number of halogens is 1. The smallest absolute Gasteiger partial charge is 0.191 e. The number of piperazine rings is 1. The Hall–Kier alpha value is -1.39. The molecule has 2 aromatic rings. The second kappa shape index (κ2) is 13.2. The van der Waals surface area contributed by atoms with E-state index in [9.17, 15) is 0 Å². The highest BCUT2D eigenvalue weighted by atomic mass is 127. The number of likely N-dealkylation sites (N-methyl/N-ethyl adjacent to an activating group) is 1. The van der Waals surface area contributed by atoms with E-state index >= 15 is 0 Å². The summed E-state index contributed by atoms with van der Waals surface area (Å²) in [5, 5.41) is 6.92. The molecule has 1 atom stereocenters. The Kier molecular flexibility index (Phi) is 11.0. The lowest BCUT2D eigenvalue weighted by molar-refractivity contribution is 0.270. The molecule has 2 aromatic heterocycles. The number of aliphatic imine (C=N–C) groups is 1. The van der Waals surface area contributed by atoms with E-state index in [0.717, 1.165) is 57.5 Å². The van der Waals surface area contributed by atoms with E-state index in [1.807, 2.05) is 17.5 Å². The van der Waals surface area contributed by atoms with Gasteiger partial charge < -0.3 is 20.4 Å². The van der Waals surface area contributed by atoms with Crippen molar-refractivity contribution in [3.8, 4) is 0 Å². The van der Waals surface area contributed by atoms with Crippen LogP contribution in [-0.4, -0.2) is 61.2 Å². The van der Waals surface area contributed by atoms with Gasteiger partial charge in [-0.15, -0.1) is 35.3 Å². The summed E-state index contributed by atoms with van der Waals surface area (Å²) in [5.41, 5.74) is 1.19. The first kappa shape index (κ1) is 25.9. The summed E-state index contributed by atoms with van der Waals surface area (Å²) >= 11 is 1.87. The Morgan fingerprint density at radius 3 is 2.61 bits per heavy atom. The fraction of sp³-hybridized carbons (Fsp3) is 0.565. The lowest BCUT2D eigenvalue weighted by Crippen LogP contribution is -2.46. The van der Waals surface area contributed by atoms with E-state index in [-0.39, 0.29) is 24.0 Å². The maximum absolute atomic E-state index is 4.83. The first-order valence-corrected chi connectivity index (χ1v) is 11.9. The number of anilines is 1. The van der Waals surface area contributed by atoms with E-state index in [4.69, 9.17) is 4.99 Å². The van der Waals surface area contributed by atoms with Crippen LogP contribution in [0.3, 0.4) is 0 Å². The second-order valence-corrected chi connectivity index (χ2v) is 9.27. The van der Waals surface area contributed by atoms with Gasteiger partial charge in [0, 0.05) is 61.1 Å². The molecule has 31 heavy (non-hydrogen) atoms. The first-order valence-electron chi connectivity index (χ1n) is 11.1. The summed E-state index contributed by atoms with van der Waals surface area (Å²) < 4.78 is 0. The monoisotopic (exact) mass is 556 g/mol. The van der Waals surface area contributed by atoms with Gasteiger partial charge in [0.1, 0.15) is 5.82 Å². The largest absolute Gasteiger partial charge is 0.357 e. The molecule has 0 saturated carbocycles.